The molecule has 0 N–H and O–H groups in total. The summed E-state index contributed by atoms with van der Waals surface area (Å²) in [5, 5.41) is 0. The Labute approximate surface area is 401 Å². The molecule has 336 valence electrons. The maximum Gasteiger partial charge on any atom is 0.247 e. The minimum absolute atomic E-state index is 0.00488. The van der Waals surface area contributed by atoms with Gasteiger partial charge in [0.25, 0.3) is 0 Å². The Morgan fingerprint density at radius 3 is 1.91 bits per heavy atom. The summed E-state index contributed by atoms with van der Waals surface area (Å²) in [6, 6.07) is 54.6. The summed E-state index contributed by atoms with van der Waals surface area (Å²) in [5.74, 6) is 0.274. The first kappa shape index (κ1) is 42.6. The van der Waals surface area contributed by atoms with Crippen molar-refractivity contribution in [3.8, 4) is 11.1 Å². The van der Waals surface area contributed by atoms with E-state index in [4.69, 9.17) is 0 Å². The van der Waals surface area contributed by atoms with Crippen molar-refractivity contribution in [1.82, 2.24) is 0 Å². The van der Waals surface area contributed by atoms with E-state index < -0.39 is 0 Å². The van der Waals surface area contributed by atoms with Crippen LogP contribution in [0.25, 0.3) is 11.1 Å². The third kappa shape index (κ3) is 6.01. The molecule has 67 heavy (non-hydrogen) atoms. The summed E-state index contributed by atoms with van der Waals surface area (Å²) >= 11 is 0. The van der Waals surface area contributed by atoms with Crippen molar-refractivity contribution in [2.24, 2.45) is 5.41 Å². The van der Waals surface area contributed by atoms with Gasteiger partial charge in [0, 0.05) is 51.0 Å². The largest absolute Gasteiger partial charge is 0.311 e. The topological polar surface area (TPSA) is 6.48 Å². The van der Waals surface area contributed by atoms with Crippen LogP contribution in [0.1, 0.15) is 152 Å². The number of aryl methyl sites for hydroxylation is 1. The molecule has 12 rings (SSSR count). The number of nitrogens with zero attached hydrogens (tertiary/aromatic N) is 2. The Kier molecular flexibility index (Phi) is 9.12. The van der Waals surface area contributed by atoms with Crippen molar-refractivity contribution in [3.05, 3.63) is 184 Å². The quantitative estimate of drug-likeness (QED) is 0.163. The first-order valence-corrected chi connectivity index (χ1v) is 25.4. The third-order valence-corrected chi connectivity index (χ3v) is 17.9. The molecule has 0 saturated heterocycles. The molecule has 1 saturated carbocycles. The Morgan fingerprint density at radius 1 is 0.582 bits per heavy atom. The highest BCUT2D eigenvalue weighted by Gasteiger charge is 2.57. The molecule has 3 unspecified atom stereocenters. The molecule has 7 aromatic rings. The number of rotatable bonds is 4. The van der Waals surface area contributed by atoms with E-state index >= 15 is 0 Å². The zero-order chi connectivity index (χ0) is 46.6. The van der Waals surface area contributed by atoms with Gasteiger partial charge in [0.05, 0.1) is 0 Å². The molecule has 2 aliphatic heterocycles. The van der Waals surface area contributed by atoms with Gasteiger partial charge in [-0.25, -0.2) is 0 Å². The second-order valence-corrected chi connectivity index (χ2v) is 24.2. The number of benzene rings is 7. The Hall–Kier alpha value is -5.80. The van der Waals surface area contributed by atoms with Crippen molar-refractivity contribution in [2.45, 2.75) is 136 Å². The van der Waals surface area contributed by atoms with Gasteiger partial charge in [0.1, 0.15) is 0 Å². The van der Waals surface area contributed by atoms with E-state index in [0.29, 0.717) is 0 Å². The number of para-hydroxylation sites is 2. The Bertz CT molecular complexity index is 3130. The van der Waals surface area contributed by atoms with E-state index in [1.807, 2.05) is 0 Å². The van der Waals surface area contributed by atoms with E-state index in [-0.39, 0.29) is 39.7 Å². The van der Waals surface area contributed by atoms with Crippen LogP contribution in [-0.2, 0) is 21.7 Å². The van der Waals surface area contributed by atoms with Crippen LogP contribution in [0.2, 0.25) is 0 Å². The van der Waals surface area contributed by atoms with Crippen molar-refractivity contribution >= 4 is 57.2 Å². The van der Waals surface area contributed by atoms with Gasteiger partial charge in [-0.2, -0.15) is 0 Å². The highest BCUT2D eigenvalue weighted by molar-refractivity contribution is 6.99. The summed E-state index contributed by atoms with van der Waals surface area (Å²) in [6.07, 6.45) is 6.30. The van der Waals surface area contributed by atoms with Crippen molar-refractivity contribution in [3.63, 3.8) is 0 Å². The van der Waals surface area contributed by atoms with E-state index in [2.05, 4.69) is 225 Å². The molecule has 3 heteroatoms. The molecule has 7 aromatic carbocycles. The Morgan fingerprint density at radius 2 is 1.24 bits per heavy atom. The molecule has 5 aliphatic rings. The molecule has 0 bridgehead atoms. The van der Waals surface area contributed by atoms with Crippen LogP contribution in [0.3, 0.4) is 0 Å². The average molecular weight is 875 g/mol. The summed E-state index contributed by atoms with van der Waals surface area (Å²) < 4.78 is 0. The summed E-state index contributed by atoms with van der Waals surface area (Å²) in [4.78, 5) is 5.28. The highest BCUT2D eigenvalue weighted by Crippen LogP contribution is 2.64. The number of hydrogen-bond donors (Lipinski definition) is 0. The van der Waals surface area contributed by atoms with E-state index in [1.165, 1.54) is 115 Å². The zero-order valence-electron chi connectivity index (χ0n) is 41.9. The van der Waals surface area contributed by atoms with E-state index in [9.17, 15) is 0 Å². The van der Waals surface area contributed by atoms with Gasteiger partial charge in [-0.15, -0.1) is 0 Å². The standard InChI is InChI=1S/C64H67BN2/c1-40-34-41(60(2,3)4)28-31-54(40)67-55-38-45(66(43-22-14-12-15-23-43)44-24-16-13-17-25-44)37-47-48-39-63(10)32-20-21-33-64(63,11)51-35-42(61(5,6)7)36-53(56(48)51)65(58(47)55)52-30-29-50-57(59(52)67)46-26-18-19-27-49(46)62(50,8)9/h12-19,22-31,34-38,48H,20-21,32-33,39H2,1-11H3. The van der Waals surface area contributed by atoms with Gasteiger partial charge >= 0.3 is 0 Å². The zero-order valence-corrected chi connectivity index (χ0v) is 41.9. The molecular weight excluding hydrogens is 808 g/mol. The third-order valence-electron chi connectivity index (χ3n) is 17.9. The van der Waals surface area contributed by atoms with Gasteiger partial charge in [0.15, 0.2) is 0 Å². The van der Waals surface area contributed by atoms with Crippen LogP contribution in [0.4, 0.5) is 34.1 Å². The molecular formula is C64H67BN2. The van der Waals surface area contributed by atoms with Crippen LogP contribution >= 0.6 is 0 Å². The van der Waals surface area contributed by atoms with Gasteiger partial charge in [-0.1, -0.05) is 185 Å². The lowest BCUT2D eigenvalue weighted by atomic mass is 9.29. The number of hydrogen-bond acceptors (Lipinski definition) is 2. The maximum atomic E-state index is 2.76. The predicted octanol–water partition coefficient (Wildman–Crippen LogP) is 15.4. The van der Waals surface area contributed by atoms with Crippen LogP contribution in [0, 0.1) is 12.3 Å². The normalized spacial score (nSPS) is 21.7. The number of anilines is 6. The van der Waals surface area contributed by atoms with Gasteiger partial charge in [-0.05, 0) is 151 Å². The van der Waals surface area contributed by atoms with Gasteiger partial charge in [-0.3, -0.25) is 0 Å². The lowest BCUT2D eigenvalue weighted by Crippen LogP contribution is -2.64. The fraction of sp³-hybridized carbons (Fsp3) is 0.344. The van der Waals surface area contributed by atoms with Crippen LogP contribution in [0.15, 0.2) is 140 Å². The molecule has 0 spiro atoms. The van der Waals surface area contributed by atoms with E-state index in [1.54, 1.807) is 16.6 Å². The monoisotopic (exact) mass is 875 g/mol. The van der Waals surface area contributed by atoms with Gasteiger partial charge < -0.3 is 9.80 Å². The molecule has 3 aliphatic carbocycles. The first-order chi connectivity index (χ1) is 31.9. The summed E-state index contributed by atoms with van der Waals surface area (Å²) in [5.41, 5.74) is 26.7. The second kappa shape index (κ2) is 14.4. The fourth-order valence-electron chi connectivity index (χ4n) is 14.0. The molecule has 1 fully saturated rings. The second-order valence-electron chi connectivity index (χ2n) is 24.2. The minimum Gasteiger partial charge on any atom is -0.311 e. The summed E-state index contributed by atoms with van der Waals surface area (Å²) in [6.45, 7) is 27.0. The molecule has 2 nitrogen and oxygen atoms in total. The lowest BCUT2D eigenvalue weighted by Gasteiger charge is -2.59. The fourth-order valence-corrected chi connectivity index (χ4v) is 14.0. The minimum atomic E-state index is -0.147. The molecule has 3 atom stereocenters. The van der Waals surface area contributed by atoms with Crippen molar-refractivity contribution < 1.29 is 0 Å². The van der Waals surface area contributed by atoms with Gasteiger partial charge in [0.2, 0.25) is 6.71 Å². The molecule has 0 radical (unpaired) electrons. The van der Waals surface area contributed by atoms with Crippen molar-refractivity contribution in [1.29, 1.82) is 0 Å². The first-order valence-electron chi connectivity index (χ1n) is 25.4. The van der Waals surface area contributed by atoms with Crippen LogP contribution in [-0.4, -0.2) is 6.71 Å². The maximum absolute atomic E-state index is 2.76. The Balaban J connectivity index is 1.26. The molecule has 2 heterocycles. The predicted molar refractivity (Wildman–Crippen MR) is 287 cm³/mol. The van der Waals surface area contributed by atoms with Crippen LogP contribution < -0.4 is 26.2 Å². The lowest BCUT2D eigenvalue weighted by molar-refractivity contribution is 0.0602. The average Bonchev–Trinajstić information content (AvgIpc) is 3.54. The van der Waals surface area contributed by atoms with Crippen molar-refractivity contribution in [2.75, 3.05) is 9.80 Å². The SMILES string of the molecule is Cc1cc(C(C)(C)C)ccc1N1c2cc(N(c3ccccc3)c3ccccc3)cc3c2B(c2cc(C(C)(C)C)cc4c2C3CC2(C)CCCCC42C)c2ccc3c(c21)-c1ccccc1C3(C)C. The number of fused-ring (bicyclic) bond motifs is 10. The molecule has 0 aromatic heterocycles. The smallest absolute Gasteiger partial charge is 0.247 e. The molecule has 0 amide bonds. The summed E-state index contributed by atoms with van der Waals surface area (Å²) in [7, 11) is 0. The van der Waals surface area contributed by atoms with Crippen LogP contribution in [0.5, 0.6) is 0 Å². The highest BCUT2D eigenvalue weighted by atomic mass is 15.2. The van der Waals surface area contributed by atoms with E-state index in [0.717, 1.165) is 6.42 Å².